The molecule has 0 aromatic carbocycles. The van der Waals surface area contributed by atoms with Gasteiger partial charge in [-0.05, 0) is 0 Å². The van der Waals surface area contributed by atoms with Gasteiger partial charge in [0.15, 0.2) is 11.5 Å². The maximum Gasteiger partial charge on any atom is 0.287 e. The van der Waals surface area contributed by atoms with Crippen molar-refractivity contribution in [1.82, 2.24) is 10.6 Å². The highest BCUT2D eigenvalue weighted by Gasteiger charge is 2.10. The standard InChI is InChI=1S/C12H21N3O6/c1-17-2-3-18-4-5-19-6-7-20-9-10-8-11(15-21-10)12(16)14-13/h8H,2-7,9,13H2,1H3,(H,14,16). The van der Waals surface area contributed by atoms with Gasteiger partial charge in [0.2, 0.25) is 0 Å². The fraction of sp³-hybridized carbons (Fsp3) is 0.667. The Bertz CT molecular complexity index is 398. The number of nitrogens with zero attached hydrogens (tertiary/aromatic N) is 1. The summed E-state index contributed by atoms with van der Waals surface area (Å²) < 4.78 is 25.6. The number of carbonyl (C=O) groups is 1. The number of rotatable bonds is 12. The number of amides is 1. The van der Waals surface area contributed by atoms with Crippen molar-refractivity contribution in [2.75, 3.05) is 46.8 Å². The first kappa shape index (κ1) is 17.5. The van der Waals surface area contributed by atoms with Gasteiger partial charge in [0.1, 0.15) is 6.61 Å². The molecule has 0 saturated heterocycles. The topological polar surface area (TPSA) is 118 Å². The normalized spacial score (nSPS) is 10.8. The molecule has 0 fully saturated rings. The van der Waals surface area contributed by atoms with Gasteiger partial charge in [0.05, 0.1) is 39.6 Å². The number of aromatic nitrogens is 1. The highest BCUT2D eigenvalue weighted by molar-refractivity contribution is 5.91. The molecule has 1 aromatic rings. The third kappa shape index (κ3) is 7.73. The average molecular weight is 303 g/mol. The van der Waals surface area contributed by atoms with Gasteiger partial charge in [-0.25, -0.2) is 5.84 Å². The minimum atomic E-state index is -0.512. The predicted molar refractivity (Wildman–Crippen MR) is 71.3 cm³/mol. The third-order valence-electron chi connectivity index (χ3n) is 2.34. The SMILES string of the molecule is COCCOCCOCCOCc1cc(C(=O)NN)no1. The Kier molecular flexibility index (Phi) is 9.33. The van der Waals surface area contributed by atoms with Crippen molar-refractivity contribution in [3.63, 3.8) is 0 Å². The Hall–Kier alpha value is -1.52. The second-order valence-electron chi connectivity index (χ2n) is 3.92. The maximum atomic E-state index is 11.1. The quantitative estimate of drug-likeness (QED) is 0.229. The van der Waals surface area contributed by atoms with E-state index >= 15 is 0 Å². The summed E-state index contributed by atoms with van der Waals surface area (Å²) in [6, 6.07) is 1.46. The number of ether oxygens (including phenoxy) is 4. The summed E-state index contributed by atoms with van der Waals surface area (Å²) in [4.78, 5) is 11.1. The number of carbonyl (C=O) groups excluding carboxylic acids is 1. The smallest absolute Gasteiger partial charge is 0.287 e. The van der Waals surface area contributed by atoms with Crippen LogP contribution in [0.3, 0.4) is 0 Å². The molecule has 3 N–H and O–H groups in total. The summed E-state index contributed by atoms with van der Waals surface area (Å²) in [7, 11) is 1.62. The first-order valence-corrected chi connectivity index (χ1v) is 6.46. The number of nitrogens with two attached hydrogens (primary N) is 1. The van der Waals surface area contributed by atoms with Gasteiger partial charge in [-0.2, -0.15) is 0 Å². The van der Waals surface area contributed by atoms with Crippen molar-refractivity contribution < 1.29 is 28.3 Å². The molecule has 0 unspecified atom stereocenters. The van der Waals surface area contributed by atoms with Gasteiger partial charge >= 0.3 is 0 Å². The van der Waals surface area contributed by atoms with Gasteiger partial charge in [0, 0.05) is 13.2 Å². The molecular weight excluding hydrogens is 282 g/mol. The second kappa shape index (κ2) is 11.2. The zero-order chi connectivity index (χ0) is 15.3. The van der Waals surface area contributed by atoms with E-state index in [1.54, 1.807) is 7.11 Å². The maximum absolute atomic E-state index is 11.1. The molecule has 0 aliphatic rings. The van der Waals surface area contributed by atoms with E-state index in [9.17, 15) is 4.79 Å². The molecule has 0 radical (unpaired) electrons. The lowest BCUT2D eigenvalue weighted by Gasteiger charge is -2.05. The minimum absolute atomic E-state index is 0.112. The number of nitrogens with one attached hydrogen (secondary N) is 1. The second-order valence-corrected chi connectivity index (χ2v) is 3.92. The van der Waals surface area contributed by atoms with Gasteiger partial charge in [0.25, 0.3) is 5.91 Å². The summed E-state index contributed by atoms with van der Waals surface area (Å²) in [5.74, 6) is 4.90. The first-order chi connectivity index (χ1) is 10.3. The van der Waals surface area contributed by atoms with Crippen molar-refractivity contribution >= 4 is 5.91 Å². The molecule has 9 nitrogen and oxygen atoms in total. The van der Waals surface area contributed by atoms with E-state index in [0.29, 0.717) is 45.4 Å². The van der Waals surface area contributed by atoms with Crippen LogP contribution in [0.15, 0.2) is 10.6 Å². The molecule has 0 aliphatic carbocycles. The number of methoxy groups -OCH3 is 1. The van der Waals surface area contributed by atoms with E-state index in [1.807, 2.05) is 5.43 Å². The summed E-state index contributed by atoms with van der Waals surface area (Å²) in [5.41, 5.74) is 2.07. The summed E-state index contributed by atoms with van der Waals surface area (Å²) in [6.07, 6.45) is 0. The zero-order valence-electron chi connectivity index (χ0n) is 12.0. The van der Waals surface area contributed by atoms with E-state index in [1.165, 1.54) is 6.07 Å². The van der Waals surface area contributed by atoms with Crippen LogP contribution in [0.1, 0.15) is 16.2 Å². The highest BCUT2D eigenvalue weighted by atomic mass is 16.6. The van der Waals surface area contributed by atoms with Crippen LogP contribution in [0.25, 0.3) is 0 Å². The molecule has 0 saturated carbocycles. The van der Waals surface area contributed by atoms with Gasteiger partial charge in [-0.15, -0.1) is 0 Å². The average Bonchev–Trinajstić information content (AvgIpc) is 2.97. The van der Waals surface area contributed by atoms with Crippen LogP contribution < -0.4 is 11.3 Å². The third-order valence-corrected chi connectivity index (χ3v) is 2.34. The van der Waals surface area contributed by atoms with E-state index in [0.717, 1.165) is 0 Å². The predicted octanol–water partition coefficient (Wildman–Crippen LogP) is -0.526. The van der Waals surface area contributed by atoms with Crippen LogP contribution in [0.4, 0.5) is 0 Å². The van der Waals surface area contributed by atoms with Gasteiger partial charge in [-0.1, -0.05) is 5.16 Å². The van der Waals surface area contributed by atoms with Crippen molar-refractivity contribution in [2.24, 2.45) is 5.84 Å². The molecule has 1 heterocycles. The van der Waals surface area contributed by atoms with Crippen LogP contribution in [-0.2, 0) is 25.6 Å². The van der Waals surface area contributed by atoms with Crippen LogP contribution in [-0.4, -0.2) is 57.8 Å². The lowest BCUT2D eigenvalue weighted by atomic mass is 10.3. The van der Waals surface area contributed by atoms with E-state index in [-0.39, 0.29) is 12.3 Å². The van der Waals surface area contributed by atoms with Crippen LogP contribution >= 0.6 is 0 Å². The number of hydrogen-bond donors (Lipinski definition) is 2. The van der Waals surface area contributed by atoms with E-state index < -0.39 is 5.91 Å². The fourth-order valence-corrected chi connectivity index (χ4v) is 1.32. The van der Waals surface area contributed by atoms with Crippen molar-refractivity contribution in [3.8, 4) is 0 Å². The Morgan fingerprint density at radius 2 is 1.81 bits per heavy atom. The number of hydrazine groups is 1. The van der Waals surface area contributed by atoms with Gasteiger partial charge < -0.3 is 23.5 Å². The molecule has 9 heteroatoms. The molecule has 1 rings (SSSR count). The molecule has 21 heavy (non-hydrogen) atoms. The van der Waals surface area contributed by atoms with Crippen molar-refractivity contribution in [1.29, 1.82) is 0 Å². The monoisotopic (exact) mass is 303 g/mol. The molecule has 0 atom stereocenters. The molecule has 120 valence electrons. The van der Waals surface area contributed by atoms with E-state index in [4.69, 9.17) is 29.3 Å². The molecule has 1 amide bonds. The summed E-state index contributed by atoms with van der Waals surface area (Å²) in [6.45, 7) is 3.19. The molecule has 0 aliphatic heterocycles. The van der Waals surface area contributed by atoms with Crippen LogP contribution in [0.2, 0.25) is 0 Å². The fourth-order valence-electron chi connectivity index (χ4n) is 1.32. The molecule has 0 bridgehead atoms. The van der Waals surface area contributed by atoms with E-state index in [2.05, 4.69) is 5.16 Å². The Morgan fingerprint density at radius 3 is 2.43 bits per heavy atom. The highest BCUT2D eigenvalue weighted by Crippen LogP contribution is 2.04. The van der Waals surface area contributed by atoms with Gasteiger partial charge in [-0.3, -0.25) is 10.2 Å². The summed E-state index contributed by atoms with van der Waals surface area (Å²) >= 11 is 0. The zero-order valence-corrected chi connectivity index (χ0v) is 12.0. The Morgan fingerprint density at radius 1 is 1.19 bits per heavy atom. The number of hydrogen-bond acceptors (Lipinski definition) is 8. The first-order valence-electron chi connectivity index (χ1n) is 6.46. The largest absolute Gasteiger partial charge is 0.382 e. The summed E-state index contributed by atoms with van der Waals surface area (Å²) in [5, 5.41) is 3.55. The lowest BCUT2D eigenvalue weighted by molar-refractivity contribution is -0.00183. The Labute approximate surface area is 122 Å². The molecule has 0 spiro atoms. The van der Waals surface area contributed by atoms with Crippen LogP contribution in [0, 0.1) is 0 Å². The Balaban J connectivity index is 1.97. The molecular formula is C12H21N3O6. The molecule has 1 aromatic heterocycles. The number of nitrogen functional groups attached to an aromatic ring is 1. The van der Waals surface area contributed by atoms with Crippen molar-refractivity contribution in [2.45, 2.75) is 6.61 Å². The lowest BCUT2D eigenvalue weighted by Crippen LogP contribution is -2.30. The van der Waals surface area contributed by atoms with Crippen molar-refractivity contribution in [3.05, 3.63) is 17.5 Å². The van der Waals surface area contributed by atoms with Crippen LogP contribution in [0.5, 0.6) is 0 Å². The minimum Gasteiger partial charge on any atom is -0.382 e.